The van der Waals surface area contributed by atoms with Gasteiger partial charge in [0.25, 0.3) is 0 Å². The van der Waals surface area contributed by atoms with Crippen LogP contribution in [-0.2, 0) is 6.54 Å². The number of likely N-dealkylation sites (N-methyl/N-ethyl adjacent to an activating group) is 1. The van der Waals surface area contributed by atoms with Crippen molar-refractivity contribution in [1.82, 2.24) is 14.7 Å². The Bertz CT molecular complexity index is 676. The number of aliphatic hydroxyl groups excluding tert-OH is 1. The van der Waals surface area contributed by atoms with Crippen LogP contribution in [0.25, 0.3) is 0 Å². The standard InChI is InChI=1S/C17H25N5O2/c1-12-5-13(2)7-14(6-12)19-17(24)20-15-8-18-22(9-15)11-16(23)10-21(3)4/h5-9,16,23H,10-11H2,1-4H3,(H2,19,20,24). The molecule has 1 atom stereocenters. The first-order valence-corrected chi connectivity index (χ1v) is 7.83. The molecule has 1 aromatic heterocycles. The molecule has 3 N–H and O–H groups in total. The molecule has 0 saturated heterocycles. The first-order valence-electron chi connectivity index (χ1n) is 7.83. The lowest BCUT2D eigenvalue weighted by Gasteiger charge is -2.15. The number of carbonyl (C=O) groups is 1. The van der Waals surface area contributed by atoms with E-state index in [0.717, 1.165) is 16.8 Å². The van der Waals surface area contributed by atoms with Gasteiger partial charge in [-0.2, -0.15) is 5.10 Å². The van der Waals surface area contributed by atoms with Gasteiger partial charge >= 0.3 is 6.03 Å². The number of rotatable bonds is 6. The fraction of sp³-hybridized carbons (Fsp3) is 0.412. The van der Waals surface area contributed by atoms with E-state index in [4.69, 9.17) is 0 Å². The molecule has 7 heteroatoms. The number of urea groups is 1. The highest BCUT2D eigenvalue weighted by atomic mass is 16.3. The van der Waals surface area contributed by atoms with Crippen molar-refractivity contribution in [3.8, 4) is 0 Å². The SMILES string of the molecule is Cc1cc(C)cc(NC(=O)Nc2cnn(CC(O)CN(C)C)c2)c1. The average Bonchev–Trinajstić information content (AvgIpc) is 2.82. The Morgan fingerprint density at radius 3 is 2.46 bits per heavy atom. The minimum absolute atomic E-state index is 0.326. The number of aryl methyl sites for hydroxylation is 2. The van der Waals surface area contributed by atoms with Crippen LogP contribution in [0.15, 0.2) is 30.6 Å². The molecule has 0 aliphatic heterocycles. The third-order valence-corrected chi connectivity index (χ3v) is 3.34. The van der Waals surface area contributed by atoms with Crippen molar-refractivity contribution < 1.29 is 9.90 Å². The summed E-state index contributed by atoms with van der Waals surface area (Å²) in [6.07, 6.45) is 2.74. The van der Waals surface area contributed by atoms with Crippen LogP contribution in [0.2, 0.25) is 0 Å². The number of hydrogen-bond donors (Lipinski definition) is 3. The zero-order valence-corrected chi connectivity index (χ0v) is 14.6. The topological polar surface area (TPSA) is 82.4 Å². The summed E-state index contributed by atoms with van der Waals surface area (Å²) in [6.45, 7) is 4.90. The van der Waals surface area contributed by atoms with Crippen LogP contribution >= 0.6 is 0 Å². The van der Waals surface area contributed by atoms with Crippen molar-refractivity contribution in [3.63, 3.8) is 0 Å². The van der Waals surface area contributed by atoms with E-state index in [1.165, 1.54) is 0 Å². The Morgan fingerprint density at radius 2 is 1.83 bits per heavy atom. The van der Waals surface area contributed by atoms with E-state index in [0.29, 0.717) is 18.8 Å². The molecular weight excluding hydrogens is 306 g/mol. The second-order valence-corrected chi connectivity index (χ2v) is 6.32. The van der Waals surface area contributed by atoms with Crippen LogP contribution in [0.3, 0.4) is 0 Å². The van der Waals surface area contributed by atoms with Crippen LogP contribution in [0.1, 0.15) is 11.1 Å². The molecule has 1 aromatic carbocycles. The maximum atomic E-state index is 12.1. The first-order chi connectivity index (χ1) is 11.3. The third-order valence-electron chi connectivity index (χ3n) is 3.34. The molecule has 7 nitrogen and oxygen atoms in total. The minimum Gasteiger partial charge on any atom is -0.390 e. The number of anilines is 2. The van der Waals surface area contributed by atoms with E-state index in [1.807, 2.05) is 51.0 Å². The Hall–Kier alpha value is -2.38. The van der Waals surface area contributed by atoms with Crippen molar-refractivity contribution in [2.75, 3.05) is 31.3 Å². The van der Waals surface area contributed by atoms with Gasteiger partial charge in [-0.05, 0) is 51.2 Å². The second-order valence-electron chi connectivity index (χ2n) is 6.32. The quantitative estimate of drug-likeness (QED) is 0.757. The molecule has 0 spiro atoms. The van der Waals surface area contributed by atoms with Gasteiger partial charge in [-0.3, -0.25) is 4.68 Å². The Balaban J connectivity index is 1.90. The van der Waals surface area contributed by atoms with Gasteiger partial charge in [0.15, 0.2) is 0 Å². The highest BCUT2D eigenvalue weighted by Gasteiger charge is 2.09. The van der Waals surface area contributed by atoms with Crippen molar-refractivity contribution in [2.24, 2.45) is 0 Å². The third kappa shape index (κ3) is 5.68. The van der Waals surface area contributed by atoms with E-state index in [9.17, 15) is 9.90 Å². The van der Waals surface area contributed by atoms with Crippen molar-refractivity contribution >= 4 is 17.4 Å². The lowest BCUT2D eigenvalue weighted by atomic mass is 10.1. The van der Waals surface area contributed by atoms with Crippen LogP contribution in [0.4, 0.5) is 16.2 Å². The Labute approximate surface area is 142 Å². The number of amides is 2. The molecule has 0 bridgehead atoms. The van der Waals surface area contributed by atoms with Crippen LogP contribution in [0.5, 0.6) is 0 Å². The summed E-state index contributed by atoms with van der Waals surface area (Å²) in [5, 5.41) is 19.6. The molecule has 1 heterocycles. The number of nitrogens with one attached hydrogen (secondary N) is 2. The van der Waals surface area contributed by atoms with Gasteiger partial charge in [-0.1, -0.05) is 6.07 Å². The fourth-order valence-corrected chi connectivity index (χ4v) is 2.56. The molecular formula is C17H25N5O2. The highest BCUT2D eigenvalue weighted by molar-refractivity contribution is 5.99. The molecule has 130 valence electrons. The van der Waals surface area contributed by atoms with Gasteiger partial charge in [-0.25, -0.2) is 4.79 Å². The molecule has 0 aliphatic rings. The fourth-order valence-electron chi connectivity index (χ4n) is 2.56. The van der Waals surface area contributed by atoms with Gasteiger partial charge in [0.2, 0.25) is 0 Å². The molecule has 0 radical (unpaired) electrons. The van der Waals surface area contributed by atoms with E-state index < -0.39 is 6.10 Å². The van der Waals surface area contributed by atoms with Crippen molar-refractivity contribution in [2.45, 2.75) is 26.5 Å². The molecule has 2 amide bonds. The highest BCUT2D eigenvalue weighted by Crippen LogP contribution is 2.14. The summed E-state index contributed by atoms with van der Waals surface area (Å²) < 4.78 is 1.61. The number of benzene rings is 1. The zero-order chi connectivity index (χ0) is 17.7. The molecule has 2 aromatic rings. The summed E-state index contributed by atoms with van der Waals surface area (Å²) in [4.78, 5) is 14.0. The monoisotopic (exact) mass is 331 g/mol. The molecule has 2 rings (SSSR count). The number of aliphatic hydroxyl groups is 1. The minimum atomic E-state index is -0.517. The molecule has 0 aliphatic carbocycles. The molecule has 24 heavy (non-hydrogen) atoms. The van der Waals surface area contributed by atoms with Gasteiger partial charge in [0, 0.05) is 18.4 Å². The molecule has 0 fully saturated rings. The maximum Gasteiger partial charge on any atom is 0.323 e. The Morgan fingerprint density at radius 1 is 1.21 bits per heavy atom. The molecule has 1 unspecified atom stereocenters. The normalized spacial score (nSPS) is 12.2. The summed E-state index contributed by atoms with van der Waals surface area (Å²) >= 11 is 0. The van der Waals surface area contributed by atoms with Crippen LogP contribution < -0.4 is 10.6 Å². The van der Waals surface area contributed by atoms with Crippen molar-refractivity contribution in [1.29, 1.82) is 0 Å². The average molecular weight is 331 g/mol. The largest absolute Gasteiger partial charge is 0.390 e. The molecule has 0 saturated carbocycles. The van der Waals surface area contributed by atoms with Gasteiger partial charge in [-0.15, -0.1) is 0 Å². The lowest BCUT2D eigenvalue weighted by Crippen LogP contribution is -2.29. The van der Waals surface area contributed by atoms with E-state index in [-0.39, 0.29) is 6.03 Å². The van der Waals surface area contributed by atoms with E-state index >= 15 is 0 Å². The number of nitrogens with zero attached hydrogens (tertiary/aromatic N) is 3. The predicted molar refractivity (Wildman–Crippen MR) is 95.3 cm³/mol. The smallest absolute Gasteiger partial charge is 0.323 e. The zero-order valence-electron chi connectivity index (χ0n) is 14.6. The lowest BCUT2D eigenvalue weighted by molar-refractivity contribution is 0.116. The number of carbonyl (C=O) groups excluding carboxylic acids is 1. The second kappa shape index (κ2) is 7.94. The first kappa shape index (κ1) is 18.0. The van der Waals surface area contributed by atoms with E-state index in [1.54, 1.807) is 17.1 Å². The summed E-state index contributed by atoms with van der Waals surface area (Å²) in [7, 11) is 3.80. The van der Waals surface area contributed by atoms with Gasteiger partial charge in [0.1, 0.15) is 0 Å². The summed E-state index contributed by atoms with van der Waals surface area (Å²) in [5.41, 5.74) is 3.51. The van der Waals surface area contributed by atoms with Gasteiger partial charge in [0.05, 0.1) is 24.5 Å². The van der Waals surface area contributed by atoms with Crippen LogP contribution in [0, 0.1) is 13.8 Å². The van der Waals surface area contributed by atoms with Crippen molar-refractivity contribution in [3.05, 3.63) is 41.7 Å². The van der Waals surface area contributed by atoms with E-state index in [2.05, 4.69) is 15.7 Å². The number of hydrogen-bond acceptors (Lipinski definition) is 4. The van der Waals surface area contributed by atoms with Crippen LogP contribution in [-0.4, -0.2) is 52.6 Å². The Kier molecular flexibility index (Phi) is 5.94. The maximum absolute atomic E-state index is 12.1. The summed E-state index contributed by atoms with van der Waals surface area (Å²) in [6, 6.07) is 5.54. The number of aromatic nitrogens is 2. The van der Waals surface area contributed by atoms with Gasteiger partial charge < -0.3 is 20.6 Å². The summed E-state index contributed by atoms with van der Waals surface area (Å²) in [5.74, 6) is 0. The predicted octanol–water partition coefficient (Wildman–Crippen LogP) is 2.07.